The highest BCUT2D eigenvalue weighted by Crippen LogP contribution is 2.47. The van der Waals surface area contributed by atoms with Gasteiger partial charge in [0.25, 0.3) is 0 Å². The minimum atomic E-state index is -6.00. The second kappa shape index (κ2) is 11.3. The second-order valence-electron chi connectivity index (χ2n) is 8.04. The van der Waals surface area contributed by atoms with Crippen LogP contribution in [0.5, 0.6) is 0 Å². The number of rotatable bonds is 4. The summed E-state index contributed by atoms with van der Waals surface area (Å²) in [6, 6.07) is -3.30. The van der Waals surface area contributed by atoms with Gasteiger partial charge in [-0.05, 0) is 24.3 Å². The molecule has 0 fully saturated rings. The average molecular weight is 678 g/mol. The molecule has 0 heterocycles. The molecule has 0 unspecified atom stereocenters. The molecule has 2 amide bonds. The molecular weight excluding hydrogens is 670 g/mol. The Morgan fingerprint density at radius 3 is 0.750 bits per heavy atom. The number of hydrogen-bond donors (Lipinski definition) is 4. The largest absolute Gasteiger partial charge is 0.418 e. The molecular formula is C20H8F18N4O2. The van der Waals surface area contributed by atoms with Crippen molar-refractivity contribution in [1.29, 1.82) is 0 Å². The molecule has 0 atom stereocenters. The number of benzene rings is 2. The van der Waals surface area contributed by atoms with Gasteiger partial charge >= 0.3 is 48.9 Å². The number of halogens is 18. The summed E-state index contributed by atoms with van der Waals surface area (Å²) in [7, 11) is 0. The lowest BCUT2D eigenvalue weighted by atomic mass is 10.0. The first kappa shape index (κ1) is 35.9. The molecule has 0 radical (unpaired) electrons. The first-order valence-corrected chi connectivity index (χ1v) is 10.4. The molecule has 0 aliphatic carbocycles. The van der Waals surface area contributed by atoms with Gasteiger partial charge in [-0.2, -0.15) is 79.0 Å². The molecule has 0 spiro atoms. The summed E-state index contributed by atoms with van der Waals surface area (Å²) >= 11 is 0. The Morgan fingerprint density at radius 1 is 0.386 bits per heavy atom. The maximum Gasteiger partial charge on any atom is 0.418 e. The minimum Gasteiger partial charge on any atom is -0.297 e. The van der Waals surface area contributed by atoms with Gasteiger partial charge in [-0.1, -0.05) is 0 Å². The maximum atomic E-state index is 13.3. The normalized spacial score (nSPS) is 13.4. The van der Waals surface area contributed by atoms with E-state index < -0.39 is 118 Å². The SMILES string of the molecule is O=C(NNc1c(C(F)(F)F)cc(C(F)(F)F)cc1C(F)(F)F)C(=O)NNc1c(C(F)(F)F)cc(C(F)(F)F)cc1C(F)(F)F. The summed E-state index contributed by atoms with van der Waals surface area (Å²) in [6.07, 6.45) is -35.5. The molecule has 2 aromatic carbocycles. The first-order chi connectivity index (χ1) is 19.5. The van der Waals surface area contributed by atoms with Gasteiger partial charge in [0, 0.05) is 0 Å². The van der Waals surface area contributed by atoms with Gasteiger partial charge in [0.05, 0.1) is 44.8 Å². The van der Waals surface area contributed by atoms with Gasteiger partial charge < -0.3 is 0 Å². The van der Waals surface area contributed by atoms with Crippen LogP contribution in [-0.4, -0.2) is 11.8 Å². The number of hydrazine groups is 2. The highest BCUT2D eigenvalue weighted by molar-refractivity contribution is 6.35. The number of nitrogens with one attached hydrogen (secondary N) is 4. The van der Waals surface area contributed by atoms with Crippen molar-refractivity contribution >= 4 is 23.2 Å². The van der Waals surface area contributed by atoms with Crippen LogP contribution in [0.3, 0.4) is 0 Å². The quantitative estimate of drug-likeness (QED) is 0.155. The van der Waals surface area contributed by atoms with Crippen molar-refractivity contribution < 1.29 is 88.6 Å². The second-order valence-corrected chi connectivity index (χ2v) is 8.04. The van der Waals surface area contributed by atoms with E-state index in [1.165, 1.54) is 0 Å². The van der Waals surface area contributed by atoms with E-state index in [0.717, 1.165) is 21.7 Å². The third-order valence-corrected chi connectivity index (χ3v) is 4.96. The maximum absolute atomic E-state index is 13.3. The zero-order chi connectivity index (χ0) is 34.4. The Hall–Kier alpha value is -4.28. The average Bonchev–Trinajstić information content (AvgIpc) is 2.81. The van der Waals surface area contributed by atoms with Crippen LogP contribution in [0.15, 0.2) is 24.3 Å². The molecule has 0 saturated heterocycles. The van der Waals surface area contributed by atoms with Gasteiger partial charge in [-0.3, -0.25) is 31.3 Å². The Kier molecular flexibility index (Phi) is 9.25. The van der Waals surface area contributed by atoms with Crippen LogP contribution in [0.2, 0.25) is 0 Å². The number of alkyl halides is 18. The molecule has 246 valence electrons. The smallest absolute Gasteiger partial charge is 0.297 e. The van der Waals surface area contributed by atoms with E-state index in [4.69, 9.17) is 0 Å². The topological polar surface area (TPSA) is 82.3 Å². The molecule has 6 nitrogen and oxygen atoms in total. The highest BCUT2D eigenvalue weighted by atomic mass is 19.4. The summed E-state index contributed by atoms with van der Waals surface area (Å²) in [6.45, 7) is 0. The van der Waals surface area contributed by atoms with Crippen LogP contribution >= 0.6 is 0 Å². The third kappa shape index (κ3) is 8.42. The predicted octanol–water partition coefficient (Wildman–Crippen LogP) is 7.39. The molecule has 2 aromatic rings. The lowest BCUT2D eigenvalue weighted by Gasteiger charge is -2.23. The van der Waals surface area contributed by atoms with Crippen molar-refractivity contribution in [3.05, 3.63) is 57.6 Å². The van der Waals surface area contributed by atoms with Crippen molar-refractivity contribution in [2.75, 3.05) is 10.9 Å². The van der Waals surface area contributed by atoms with Crippen LogP contribution in [0, 0.1) is 0 Å². The Morgan fingerprint density at radius 2 is 0.591 bits per heavy atom. The fraction of sp³-hybridized carbons (Fsp3) is 0.300. The number of carbonyl (C=O) groups is 2. The van der Waals surface area contributed by atoms with E-state index in [2.05, 4.69) is 0 Å². The van der Waals surface area contributed by atoms with Crippen LogP contribution < -0.4 is 21.7 Å². The Bertz CT molecular complexity index is 1240. The van der Waals surface area contributed by atoms with Crippen molar-refractivity contribution in [2.45, 2.75) is 37.1 Å². The van der Waals surface area contributed by atoms with E-state index >= 15 is 0 Å². The van der Waals surface area contributed by atoms with E-state index in [0.29, 0.717) is 0 Å². The fourth-order valence-corrected chi connectivity index (χ4v) is 3.13. The molecule has 44 heavy (non-hydrogen) atoms. The van der Waals surface area contributed by atoms with Gasteiger partial charge in [0.1, 0.15) is 0 Å². The summed E-state index contributed by atoms with van der Waals surface area (Å²) in [5.74, 6) is -4.96. The fourth-order valence-electron chi connectivity index (χ4n) is 3.13. The van der Waals surface area contributed by atoms with E-state index in [-0.39, 0.29) is 0 Å². The van der Waals surface area contributed by atoms with Crippen molar-refractivity contribution in [2.24, 2.45) is 0 Å². The minimum absolute atomic E-state index is 0.821. The molecule has 4 N–H and O–H groups in total. The van der Waals surface area contributed by atoms with Crippen molar-refractivity contribution in [1.82, 2.24) is 10.9 Å². The van der Waals surface area contributed by atoms with E-state index in [1.807, 2.05) is 0 Å². The van der Waals surface area contributed by atoms with Crippen LogP contribution in [-0.2, 0) is 46.6 Å². The molecule has 0 saturated carbocycles. The van der Waals surface area contributed by atoms with Crippen LogP contribution in [0.25, 0.3) is 0 Å². The Labute approximate surface area is 229 Å². The summed E-state index contributed by atoms with van der Waals surface area (Å²) in [4.78, 5) is 23.7. The van der Waals surface area contributed by atoms with E-state index in [1.54, 1.807) is 0 Å². The van der Waals surface area contributed by atoms with Gasteiger partial charge in [0.2, 0.25) is 0 Å². The monoisotopic (exact) mass is 678 g/mol. The lowest BCUT2D eigenvalue weighted by Crippen LogP contribution is -2.45. The summed E-state index contributed by atoms with van der Waals surface area (Å²) in [5, 5.41) is 0. The van der Waals surface area contributed by atoms with Crippen molar-refractivity contribution in [3.63, 3.8) is 0 Å². The molecule has 0 bridgehead atoms. The van der Waals surface area contributed by atoms with E-state index in [9.17, 15) is 88.6 Å². The molecule has 0 aliphatic rings. The summed E-state index contributed by atoms with van der Waals surface area (Å²) < 4.78 is 237. The standard InChI is InChI=1S/C20H8F18N4O2/c21-15(22,23)5-1-7(17(27,28)29)11(8(2-5)18(30,31)32)39-41-13(43)14(44)42-40-12-9(19(33,34)35)3-6(16(24,25)26)4-10(12)20(36,37)38/h1-4,39-40H,(H,41,43)(H,42,44). The van der Waals surface area contributed by atoms with Crippen LogP contribution in [0.4, 0.5) is 90.4 Å². The molecule has 24 heteroatoms. The zero-order valence-corrected chi connectivity index (χ0v) is 19.9. The highest BCUT2D eigenvalue weighted by Gasteiger charge is 2.47. The van der Waals surface area contributed by atoms with Crippen LogP contribution in [0.1, 0.15) is 33.4 Å². The molecule has 0 aliphatic heterocycles. The van der Waals surface area contributed by atoms with Gasteiger partial charge in [0.15, 0.2) is 0 Å². The number of carbonyl (C=O) groups excluding carboxylic acids is 2. The zero-order valence-electron chi connectivity index (χ0n) is 19.9. The molecule has 0 aromatic heterocycles. The van der Waals surface area contributed by atoms with Crippen molar-refractivity contribution in [3.8, 4) is 0 Å². The predicted molar refractivity (Wildman–Crippen MR) is 106 cm³/mol. The van der Waals surface area contributed by atoms with Gasteiger partial charge in [-0.15, -0.1) is 0 Å². The number of anilines is 2. The first-order valence-electron chi connectivity index (χ1n) is 10.4. The Balaban J connectivity index is 2.47. The lowest BCUT2D eigenvalue weighted by molar-refractivity contribution is -0.150. The number of hydrogen-bond acceptors (Lipinski definition) is 4. The number of amides is 2. The third-order valence-electron chi connectivity index (χ3n) is 4.96. The molecule has 2 rings (SSSR count). The van der Waals surface area contributed by atoms with Gasteiger partial charge in [-0.25, -0.2) is 0 Å². The summed E-state index contributed by atoms with van der Waals surface area (Å²) in [5.41, 5.74) is -17.0.